The van der Waals surface area contributed by atoms with Crippen LogP contribution in [-0.2, 0) is 0 Å². The van der Waals surface area contributed by atoms with Gasteiger partial charge >= 0.3 is 0 Å². The van der Waals surface area contributed by atoms with Gasteiger partial charge in [0.2, 0.25) is 5.89 Å². The maximum Gasteiger partial charge on any atom is 0.227 e. The first-order valence-corrected chi connectivity index (χ1v) is 18.6. The first-order valence-electron chi connectivity index (χ1n) is 18.6. The molecule has 9 aromatic carbocycles. The van der Waals surface area contributed by atoms with Crippen LogP contribution in [0.4, 0.5) is 17.1 Å². The fourth-order valence-corrected chi connectivity index (χ4v) is 8.34. The van der Waals surface area contributed by atoms with Crippen molar-refractivity contribution in [2.24, 2.45) is 0 Å². The second kappa shape index (κ2) is 12.6. The van der Waals surface area contributed by atoms with E-state index in [1.807, 2.05) is 30.3 Å². The summed E-state index contributed by atoms with van der Waals surface area (Å²) in [5.74, 6) is 0.620. The zero-order chi connectivity index (χ0) is 36.3. The highest BCUT2D eigenvalue weighted by atomic mass is 16.3. The minimum absolute atomic E-state index is 0.620. The number of hydrogen-bond acceptors (Lipinski definition) is 3. The van der Waals surface area contributed by atoms with Gasteiger partial charge in [-0.2, -0.15) is 0 Å². The molecule has 0 radical (unpaired) electrons. The van der Waals surface area contributed by atoms with E-state index in [-0.39, 0.29) is 0 Å². The Balaban J connectivity index is 1.21. The van der Waals surface area contributed by atoms with E-state index < -0.39 is 0 Å². The lowest BCUT2D eigenvalue weighted by atomic mass is 9.92. The summed E-state index contributed by atoms with van der Waals surface area (Å²) in [4.78, 5) is 7.37. The third-order valence-corrected chi connectivity index (χ3v) is 10.8. The van der Waals surface area contributed by atoms with Gasteiger partial charge in [0.1, 0.15) is 5.52 Å². The maximum absolute atomic E-state index is 6.69. The highest BCUT2D eigenvalue weighted by Gasteiger charge is 2.23. The number of rotatable bonds is 6. The van der Waals surface area contributed by atoms with E-state index in [4.69, 9.17) is 9.40 Å². The fourth-order valence-electron chi connectivity index (χ4n) is 8.34. The van der Waals surface area contributed by atoms with Gasteiger partial charge in [-0.3, -0.25) is 0 Å². The molecule has 0 atom stereocenters. The molecule has 0 fully saturated rings. The number of nitrogens with zero attached hydrogens (tertiary/aromatic N) is 3. The van der Waals surface area contributed by atoms with Crippen LogP contribution in [0.2, 0.25) is 0 Å². The van der Waals surface area contributed by atoms with Gasteiger partial charge in [-0.15, -0.1) is 0 Å². The van der Waals surface area contributed by atoms with E-state index in [1.165, 1.54) is 16.3 Å². The van der Waals surface area contributed by atoms with Gasteiger partial charge in [0.15, 0.2) is 5.58 Å². The quantitative estimate of drug-likeness (QED) is 0.162. The molecule has 2 aromatic heterocycles. The summed E-state index contributed by atoms with van der Waals surface area (Å²) in [5, 5.41) is 6.85. The first-order chi connectivity index (χ1) is 27.3. The molecule has 0 unspecified atom stereocenters. The number of para-hydroxylation sites is 4. The summed E-state index contributed by atoms with van der Waals surface area (Å²) in [6.07, 6.45) is 0. The van der Waals surface area contributed by atoms with Gasteiger partial charge in [-0.25, -0.2) is 4.98 Å². The van der Waals surface area contributed by atoms with Crippen molar-refractivity contribution in [3.8, 4) is 28.3 Å². The van der Waals surface area contributed by atoms with Crippen LogP contribution >= 0.6 is 0 Å². The summed E-state index contributed by atoms with van der Waals surface area (Å²) in [6, 6.07) is 71.0. The number of benzene rings is 9. The zero-order valence-electron chi connectivity index (χ0n) is 29.8. The molecule has 0 saturated carbocycles. The highest BCUT2D eigenvalue weighted by molar-refractivity contribution is 6.23. The molecule has 2 heterocycles. The van der Waals surface area contributed by atoms with Crippen molar-refractivity contribution in [1.29, 1.82) is 0 Å². The Morgan fingerprint density at radius 1 is 0.473 bits per heavy atom. The van der Waals surface area contributed by atoms with E-state index in [1.54, 1.807) is 0 Å². The molecular formula is C51H33N3O. The molecule has 4 nitrogen and oxygen atoms in total. The summed E-state index contributed by atoms with van der Waals surface area (Å²) < 4.78 is 9.10. The summed E-state index contributed by atoms with van der Waals surface area (Å²) in [5.41, 5.74) is 11.6. The van der Waals surface area contributed by atoms with Crippen LogP contribution in [0.25, 0.3) is 82.7 Å². The van der Waals surface area contributed by atoms with Crippen molar-refractivity contribution < 1.29 is 4.42 Å². The molecule has 0 N–H and O–H groups in total. The van der Waals surface area contributed by atoms with Gasteiger partial charge in [-0.1, -0.05) is 127 Å². The van der Waals surface area contributed by atoms with Crippen LogP contribution in [0.1, 0.15) is 0 Å². The molecule has 258 valence electrons. The number of aromatic nitrogens is 2. The Kier molecular flexibility index (Phi) is 7.14. The Bertz CT molecular complexity index is 3190. The standard InChI is InChI=1S/C51H33N3O/c1-5-16-34(17-6-1)44-33-36-32-39(28-29-40(36)48-42(44)30-31-45-50(48)55-51(52-45)35-18-7-2-8-19-35)53(37-20-9-3-10-21-37)47-27-15-25-43-41-24-13-14-26-46(41)54(49(43)47)38-22-11-4-12-23-38/h1-33H. The smallest absolute Gasteiger partial charge is 0.227 e. The molecular weight excluding hydrogens is 671 g/mol. The van der Waals surface area contributed by atoms with Crippen LogP contribution in [-0.4, -0.2) is 9.55 Å². The fraction of sp³-hybridized carbons (Fsp3) is 0. The molecule has 4 heteroatoms. The number of oxazole rings is 1. The second-order valence-corrected chi connectivity index (χ2v) is 13.9. The van der Waals surface area contributed by atoms with Crippen molar-refractivity contribution in [2.75, 3.05) is 4.90 Å². The van der Waals surface area contributed by atoms with E-state index in [0.717, 1.165) is 77.6 Å². The van der Waals surface area contributed by atoms with Gasteiger partial charge in [-0.05, 0) is 100 Å². The predicted octanol–water partition coefficient (Wildman–Crippen LogP) is 14.0. The highest BCUT2D eigenvalue weighted by Crippen LogP contribution is 2.46. The second-order valence-electron chi connectivity index (χ2n) is 13.9. The molecule has 0 aliphatic rings. The average Bonchev–Trinajstić information content (AvgIpc) is 3.85. The van der Waals surface area contributed by atoms with E-state index in [9.17, 15) is 0 Å². The molecule has 55 heavy (non-hydrogen) atoms. The van der Waals surface area contributed by atoms with Crippen LogP contribution in [0.15, 0.2) is 205 Å². The van der Waals surface area contributed by atoms with Crippen molar-refractivity contribution in [1.82, 2.24) is 9.55 Å². The van der Waals surface area contributed by atoms with Crippen molar-refractivity contribution in [3.63, 3.8) is 0 Å². The minimum atomic E-state index is 0.620. The van der Waals surface area contributed by atoms with Gasteiger partial charge in [0.05, 0.1) is 16.7 Å². The average molecular weight is 704 g/mol. The molecule has 0 bridgehead atoms. The first kappa shape index (κ1) is 31.1. The van der Waals surface area contributed by atoms with Gasteiger partial charge < -0.3 is 13.9 Å². The third-order valence-electron chi connectivity index (χ3n) is 10.8. The van der Waals surface area contributed by atoms with Crippen molar-refractivity contribution >= 4 is 71.5 Å². The topological polar surface area (TPSA) is 34.2 Å². The molecule has 0 aliphatic carbocycles. The lowest BCUT2D eigenvalue weighted by Gasteiger charge is -2.27. The summed E-state index contributed by atoms with van der Waals surface area (Å²) in [7, 11) is 0. The largest absolute Gasteiger partial charge is 0.435 e. The number of fused-ring (bicyclic) bond motifs is 8. The minimum Gasteiger partial charge on any atom is -0.435 e. The zero-order valence-corrected chi connectivity index (χ0v) is 29.8. The molecule has 11 aromatic rings. The summed E-state index contributed by atoms with van der Waals surface area (Å²) >= 11 is 0. The molecule has 0 aliphatic heterocycles. The van der Waals surface area contributed by atoms with Crippen LogP contribution in [0.3, 0.4) is 0 Å². The van der Waals surface area contributed by atoms with Crippen LogP contribution < -0.4 is 4.90 Å². The van der Waals surface area contributed by atoms with Crippen LogP contribution in [0.5, 0.6) is 0 Å². The molecule has 0 saturated heterocycles. The van der Waals surface area contributed by atoms with Crippen molar-refractivity contribution in [3.05, 3.63) is 200 Å². The van der Waals surface area contributed by atoms with E-state index in [0.29, 0.717) is 5.89 Å². The lowest BCUT2D eigenvalue weighted by Crippen LogP contribution is -2.11. The Labute approximate surface area is 317 Å². The predicted molar refractivity (Wildman–Crippen MR) is 229 cm³/mol. The summed E-state index contributed by atoms with van der Waals surface area (Å²) in [6.45, 7) is 0. The normalized spacial score (nSPS) is 11.6. The lowest BCUT2D eigenvalue weighted by molar-refractivity contribution is 0.623. The van der Waals surface area contributed by atoms with Gasteiger partial charge in [0.25, 0.3) is 0 Å². The number of anilines is 3. The van der Waals surface area contributed by atoms with E-state index in [2.05, 4.69) is 179 Å². The Morgan fingerprint density at radius 3 is 1.91 bits per heavy atom. The van der Waals surface area contributed by atoms with E-state index >= 15 is 0 Å². The third kappa shape index (κ3) is 5.03. The van der Waals surface area contributed by atoms with Crippen molar-refractivity contribution in [2.45, 2.75) is 0 Å². The molecule has 0 amide bonds. The molecule has 0 spiro atoms. The number of hydrogen-bond donors (Lipinski definition) is 0. The monoisotopic (exact) mass is 703 g/mol. The Morgan fingerprint density at radius 2 is 1.13 bits per heavy atom. The Hall–Kier alpha value is -7.43. The van der Waals surface area contributed by atoms with Crippen LogP contribution in [0, 0.1) is 0 Å². The molecule has 11 rings (SSSR count). The van der Waals surface area contributed by atoms with Gasteiger partial charge in [0, 0.05) is 38.8 Å². The SMILES string of the molecule is c1ccc(-c2nc3ccc4c(-c5ccccc5)cc5cc(N(c6ccccc6)c6cccc7c8ccccc8n(-c8ccccc8)c67)ccc5c4c3o2)cc1. The maximum atomic E-state index is 6.69.